The maximum absolute atomic E-state index is 6.36. The fraction of sp³-hybridized carbons (Fsp3) is 1.00. The molecule has 2 aliphatic heterocycles. The maximum Gasteiger partial charge on any atom is 0.0695 e. The highest BCUT2D eigenvalue weighted by Crippen LogP contribution is 2.38. The molecule has 2 heterocycles. The topological polar surface area (TPSA) is 18.5 Å². The summed E-state index contributed by atoms with van der Waals surface area (Å²) in [7, 11) is -1.57. The molecule has 0 amide bonds. The van der Waals surface area contributed by atoms with Crippen molar-refractivity contribution < 1.29 is 9.47 Å². The molecule has 0 aromatic carbocycles. The summed E-state index contributed by atoms with van der Waals surface area (Å²) < 4.78 is 12.7. The molecule has 0 N–H and O–H groups in total. The van der Waals surface area contributed by atoms with Crippen LogP contribution in [0.5, 0.6) is 0 Å². The molecule has 20 heavy (non-hydrogen) atoms. The predicted octanol–water partition coefficient (Wildman–Crippen LogP) is 3.70. The molecule has 2 atom stereocenters. The fourth-order valence-corrected chi connectivity index (χ4v) is 7.96. The van der Waals surface area contributed by atoms with Crippen molar-refractivity contribution in [3.8, 4) is 0 Å². The zero-order valence-corrected chi connectivity index (χ0v) is 16.4. The van der Waals surface area contributed by atoms with Gasteiger partial charge in [-0.3, -0.25) is 0 Å². The van der Waals surface area contributed by atoms with Gasteiger partial charge in [0.15, 0.2) is 0 Å². The Morgan fingerprint density at radius 1 is 0.700 bits per heavy atom. The van der Waals surface area contributed by atoms with Gasteiger partial charge in [-0.05, 0) is 51.4 Å². The van der Waals surface area contributed by atoms with Crippen molar-refractivity contribution in [1.82, 2.24) is 0 Å². The molecule has 4 heteroatoms. The lowest BCUT2D eigenvalue weighted by atomic mass is 9.97. The zero-order chi connectivity index (χ0) is 14.6. The van der Waals surface area contributed by atoms with Crippen molar-refractivity contribution in [2.75, 3.05) is 13.2 Å². The molecule has 0 spiro atoms. The summed E-state index contributed by atoms with van der Waals surface area (Å²) in [5, 5.41) is 0.546. The molecule has 2 nitrogen and oxygen atoms in total. The van der Waals surface area contributed by atoms with E-state index in [1.165, 1.54) is 51.4 Å². The second-order valence-corrected chi connectivity index (χ2v) is 14.3. The van der Waals surface area contributed by atoms with E-state index in [2.05, 4.69) is 26.2 Å². The monoisotopic (exact) mass is 314 g/mol. The van der Waals surface area contributed by atoms with E-state index < -0.39 is 17.6 Å². The van der Waals surface area contributed by atoms with Gasteiger partial charge in [0.1, 0.15) is 0 Å². The Morgan fingerprint density at radius 2 is 1.10 bits per heavy atom. The number of ether oxygens (including phenoxy) is 2. The van der Waals surface area contributed by atoms with Crippen molar-refractivity contribution in [1.29, 1.82) is 0 Å². The summed E-state index contributed by atoms with van der Waals surface area (Å²) >= 11 is 0. The third kappa shape index (κ3) is 3.57. The highest BCUT2D eigenvalue weighted by Gasteiger charge is 2.43. The van der Waals surface area contributed by atoms with Crippen LogP contribution in [0, 0.1) is 0 Å². The van der Waals surface area contributed by atoms with Crippen LogP contribution in [0.2, 0.25) is 26.2 Å². The van der Waals surface area contributed by atoms with Crippen molar-refractivity contribution in [2.24, 2.45) is 0 Å². The van der Waals surface area contributed by atoms with E-state index >= 15 is 0 Å². The molecule has 2 rings (SSSR count). The first-order chi connectivity index (χ1) is 9.51. The van der Waals surface area contributed by atoms with Crippen LogP contribution in [0.25, 0.3) is 0 Å². The van der Waals surface area contributed by atoms with Gasteiger partial charge in [-0.1, -0.05) is 26.2 Å². The van der Waals surface area contributed by atoms with Crippen LogP contribution in [-0.4, -0.2) is 41.3 Å². The van der Waals surface area contributed by atoms with Crippen LogP contribution in [0.4, 0.5) is 0 Å². The number of rotatable bonds is 5. The lowest BCUT2D eigenvalue weighted by Gasteiger charge is -2.46. The standard InChI is InChI=1S/C16H34O2Si2/c1-19(2)15(9-5-7-13-17-15)11-12-16(20(3)4)10-6-8-14-18-16/h19-20H,5-14H2,1-4H3. The van der Waals surface area contributed by atoms with Gasteiger partial charge in [0, 0.05) is 13.2 Å². The van der Waals surface area contributed by atoms with Crippen LogP contribution in [0.3, 0.4) is 0 Å². The molecule has 2 fully saturated rings. The average molecular weight is 315 g/mol. The quantitative estimate of drug-likeness (QED) is 0.720. The third-order valence-electron chi connectivity index (χ3n) is 5.84. The molecule has 2 aliphatic rings. The molecule has 0 bridgehead atoms. The lowest BCUT2D eigenvalue weighted by Crippen LogP contribution is -2.52. The molecule has 2 unspecified atom stereocenters. The summed E-state index contributed by atoms with van der Waals surface area (Å²) in [6.07, 6.45) is 10.4. The summed E-state index contributed by atoms with van der Waals surface area (Å²) in [6, 6.07) is 0. The van der Waals surface area contributed by atoms with Gasteiger partial charge in [-0.25, -0.2) is 0 Å². The van der Waals surface area contributed by atoms with Gasteiger partial charge < -0.3 is 9.47 Å². The molecular formula is C16H34O2Si2. The van der Waals surface area contributed by atoms with E-state index in [1.807, 2.05) is 0 Å². The van der Waals surface area contributed by atoms with Gasteiger partial charge in [-0.15, -0.1) is 0 Å². The minimum Gasteiger partial charge on any atom is -0.379 e. The summed E-state index contributed by atoms with van der Waals surface area (Å²) in [5.41, 5.74) is 0. The van der Waals surface area contributed by atoms with Crippen LogP contribution < -0.4 is 0 Å². The first-order valence-electron chi connectivity index (χ1n) is 8.79. The average Bonchev–Trinajstić information content (AvgIpc) is 2.47. The third-order valence-corrected chi connectivity index (χ3v) is 11.5. The molecule has 0 aromatic heterocycles. The summed E-state index contributed by atoms with van der Waals surface area (Å²) in [5.74, 6) is 0. The smallest absolute Gasteiger partial charge is 0.0695 e. The molecule has 0 saturated carbocycles. The van der Waals surface area contributed by atoms with E-state index in [-0.39, 0.29) is 10.4 Å². The molecule has 2 saturated heterocycles. The molecular weight excluding hydrogens is 280 g/mol. The Morgan fingerprint density at radius 3 is 1.35 bits per heavy atom. The van der Waals surface area contributed by atoms with Crippen LogP contribution in [0.15, 0.2) is 0 Å². The van der Waals surface area contributed by atoms with E-state index in [1.54, 1.807) is 0 Å². The lowest BCUT2D eigenvalue weighted by molar-refractivity contribution is -0.0639. The SMILES string of the molecule is C[SiH](C)C1(CCC2([SiH](C)C)CCCCO2)CCCCO1. The summed E-state index contributed by atoms with van der Waals surface area (Å²) in [4.78, 5) is 0. The second-order valence-electron chi connectivity index (χ2n) is 7.55. The van der Waals surface area contributed by atoms with Crippen molar-refractivity contribution in [3.05, 3.63) is 0 Å². The highest BCUT2D eigenvalue weighted by atomic mass is 28.3. The van der Waals surface area contributed by atoms with E-state index in [0.29, 0.717) is 0 Å². The molecule has 118 valence electrons. The predicted molar refractivity (Wildman–Crippen MR) is 92.1 cm³/mol. The Labute approximate surface area is 128 Å². The first kappa shape index (κ1) is 16.7. The molecule has 0 aromatic rings. The normalized spacial score (nSPS) is 35.7. The van der Waals surface area contributed by atoms with Gasteiger partial charge in [0.25, 0.3) is 0 Å². The Kier molecular flexibility index (Phi) is 5.92. The van der Waals surface area contributed by atoms with Gasteiger partial charge in [-0.2, -0.15) is 0 Å². The Hall–Kier alpha value is 0.354. The highest BCUT2D eigenvalue weighted by molar-refractivity contribution is 6.60. The number of hydrogen-bond acceptors (Lipinski definition) is 2. The molecule has 0 aliphatic carbocycles. The van der Waals surface area contributed by atoms with E-state index in [9.17, 15) is 0 Å². The van der Waals surface area contributed by atoms with Crippen LogP contribution in [0.1, 0.15) is 51.4 Å². The van der Waals surface area contributed by atoms with Crippen LogP contribution >= 0.6 is 0 Å². The van der Waals surface area contributed by atoms with Crippen molar-refractivity contribution in [2.45, 2.75) is 88.0 Å². The summed E-state index contributed by atoms with van der Waals surface area (Å²) in [6.45, 7) is 11.9. The minimum atomic E-state index is -0.784. The van der Waals surface area contributed by atoms with Gasteiger partial charge in [0.2, 0.25) is 0 Å². The van der Waals surface area contributed by atoms with E-state index in [4.69, 9.17) is 9.47 Å². The number of hydrogen-bond donors (Lipinski definition) is 0. The van der Waals surface area contributed by atoms with Crippen LogP contribution in [-0.2, 0) is 9.47 Å². The van der Waals surface area contributed by atoms with Gasteiger partial charge >= 0.3 is 0 Å². The fourth-order valence-electron chi connectivity index (χ4n) is 4.05. The minimum absolute atomic E-state index is 0.273. The van der Waals surface area contributed by atoms with Crippen molar-refractivity contribution in [3.63, 3.8) is 0 Å². The Bertz CT molecular complexity index is 263. The first-order valence-corrected chi connectivity index (χ1v) is 14.6. The Balaban J connectivity index is 2.03. The van der Waals surface area contributed by atoms with Gasteiger partial charge in [0.05, 0.1) is 28.0 Å². The van der Waals surface area contributed by atoms with E-state index in [0.717, 1.165) is 13.2 Å². The molecule has 0 radical (unpaired) electrons. The van der Waals surface area contributed by atoms with Crippen molar-refractivity contribution >= 4 is 17.6 Å². The second kappa shape index (κ2) is 7.08. The zero-order valence-electron chi connectivity index (χ0n) is 14.0. The maximum atomic E-state index is 6.36. The largest absolute Gasteiger partial charge is 0.379 e.